The minimum absolute atomic E-state index is 0. The zero-order valence-corrected chi connectivity index (χ0v) is 15.8. The summed E-state index contributed by atoms with van der Waals surface area (Å²) in [6.07, 6.45) is 11.7. The van der Waals surface area contributed by atoms with Gasteiger partial charge in [0.1, 0.15) is 0 Å². The fourth-order valence-corrected chi connectivity index (χ4v) is 2.07. The minimum atomic E-state index is -4.48. The van der Waals surface area contributed by atoms with Gasteiger partial charge in [-0.15, -0.1) is 0 Å². The molecule has 0 aliphatic carbocycles. The molecule has 0 saturated heterocycles. The molecule has 0 amide bonds. The van der Waals surface area contributed by atoms with Crippen molar-refractivity contribution in [2.24, 2.45) is 0 Å². The van der Waals surface area contributed by atoms with Gasteiger partial charge in [-0.25, -0.2) is 8.42 Å². The van der Waals surface area contributed by atoms with Crippen LogP contribution in [-0.2, 0) is 34.1 Å². The third-order valence-electron chi connectivity index (χ3n) is 2.73. The Bertz CT molecular complexity index is 257. The summed E-state index contributed by atoms with van der Waals surface area (Å²) < 4.78 is 34.5. The van der Waals surface area contributed by atoms with Crippen LogP contribution in [0.25, 0.3) is 0 Å². The van der Waals surface area contributed by atoms with Crippen molar-refractivity contribution in [3.8, 4) is 0 Å². The van der Waals surface area contributed by atoms with Crippen molar-refractivity contribution in [1.29, 1.82) is 0 Å². The molecule has 19 heavy (non-hydrogen) atoms. The van der Waals surface area contributed by atoms with Crippen LogP contribution in [0, 0.1) is 0 Å². The molecule has 0 fully saturated rings. The molecule has 0 spiro atoms. The number of hydrogen-bond donors (Lipinski definition) is 0. The normalized spacial score (nSPS) is 10.6. The third kappa shape index (κ3) is 23.9. The average Bonchev–Trinajstić information content (AvgIpc) is 2.24. The van der Waals surface area contributed by atoms with Crippen LogP contribution in [0.15, 0.2) is 0 Å². The summed E-state index contributed by atoms with van der Waals surface area (Å²) in [5.41, 5.74) is 0. The Balaban J connectivity index is -0.00000128. The van der Waals surface area contributed by atoms with Gasteiger partial charge in [-0.05, 0) is 6.42 Å². The first-order valence-corrected chi connectivity index (χ1v) is 8.00. The Morgan fingerprint density at radius 2 is 1.21 bits per heavy atom. The summed E-state index contributed by atoms with van der Waals surface area (Å²) in [7, 11) is -4.48. The maximum Gasteiger partial charge on any atom is 2.00 e. The van der Waals surface area contributed by atoms with Crippen molar-refractivity contribution in [1.82, 2.24) is 0 Å². The molecule has 0 atom stereocenters. The van der Waals surface area contributed by atoms with E-state index in [1.54, 1.807) is 0 Å². The molecule has 0 aromatic heterocycles. The molecule has 0 aromatic carbocycles. The molecule has 112 valence electrons. The number of rotatable bonds is 12. The first-order valence-electron chi connectivity index (χ1n) is 6.66. The molecule has 0 heterocycles. The van der Waals surface area contributed by atoms with Crippen molar-refractivity contribution < 1.29 is 42.1 Å². The van der Waals surface area contributed by atoms with E-state index < -0.39 is 10.4 Å². The topological polar surface area (TPSA) is 96.4 Å². The molecule has 0 aliphatic heterocycles. The van der Waals surface area contributed by atoms with Gasteiger partial charge in [0.05, 0.1) is 6.61 Å². The van der Waals surface area contributed by atoms with Gasteiger partial charge < -0.3 is 10.0 Å². The Morgan fingerprint density at radius 1 is 0.842 bits per heavy atom. The van der Waals surface area contributed by atoms with E-state index in [0.717, 1.165) is 12.8 Å². The maximum absolute atomic E-state index is 10.1. The van der Waals surface area contributed by atoms with E-state index in [4.69, 9.17) is 0 Å². The van der Waals surface area contributed by atoms with Crippen LogP contribution in [0.1, 0.15) is 71.1 Å². The van der Waals surface area contributed by atoms with E-state index in [-0.39, 0.29) is 31.6 Å². The molecular weight excluding hydrogens is 322 g/mol. The van der Waals surface area contributed by atoms with Gasteiger partial charge in [0.2, 0.25) is 10.4 Å². The van der Waals surface area contributed by atoms with Crippen LogP contribution in [0.4, 0.5) is 0 Å². The Hall–Kier alpha value is 0.453. The summed E-state index contributed by atoms with van der Waals surface area (Å²) in [6, 6.07) is 0. The van der Waals surface area contributed by atoms with Gasteiger partial charge in [-0.1, -0.05) is 64.7 Å². The van der Waals surface area contributed by atoms with Crippen molar-refractivity contribution in [3.63, 3.8) is 0 Å². The molecule has 0 radical (unpaired) electrons. The third-order valence-corrected chi connectivity index (χ3v) is 3.18. The Kier molecular flexibility index (Phi) is 21.3. The van der Waals surface area contributed by atoms with Crippen molar-refractivity contribution in [2.75, 3.05) is 6.61 Å². The Morgan fingerprint density at radius 3 is 1.58 bits per heavy atom. The van der Waals surface area contributed by atoms with Crippen molar-refractivity contribution in [2.45, 2.75) is 71.1 Å². The van der Waals surface area contributed by atoms with E-state index >= 15 is 0 Å². The molecule has 0 saturated carbocycles. The van der Waals surface area contributed by atoms with E-state index in [0.29, 0.717) is 6.42 Å². The molecule has 0 rings (SSSR count). The standard InChI is InChI=1S/C12H26O4S.H2O.Zn/c1-2-3-4-5-6-7-8-9-10-11-12-16-17(13,14)15;;/h2-12H2,1H3,(H,13,14,15);1H2;/q;;+2/p-2. The zero-order valence-electron chi connectivity index (χ0n) is 12.0. The van der Waals surface area contributed by atoms with Crippen LogP contribution in [0.3, 0.4) is 0 Å². The summed E-state index contributed by atoms with van der Waals surface area (Å²) in [5, 5.41) is 0. The molecular formula is C12H26O5SZn. The number of unbranched alkanes of at least 4 members (excludes halogenated alkanes) is 9. The van der Waals surface area contributed by atoms with Crippen LogP contribution in [0.5, 0.6) is 0 Å². The molecule has 5 nitrogen and oxygen atoms in total. The van der Waals surface area contributed by atoms with E-state index in [2.05, 4.69) is 11.1 Å². The SMILES string of the molecule is CCCCCCCCCCCCOS(=O)(=O)[O-].[OH-].[Zn+2]. The Labute approximate surface area is 130 Å². The van der Waals surface area contributed by atoms with Gasteiger partial charge in [0.15, 0.2) is 0 Å². The molecule has 0 aliphatic rings. The largest absolute Gasteiger partial charge is 2.00 e. The second-order valence-electron chi connectivity index (χ2n) is 4.41. The average molecular weight is 348 g/mol. The van der Waals surface area contributed by atoms with Crippen molar-refractivity contribution >= 4 is 10.4 Å². The van der Waals surface area contributed by atoms with E-state index in [9.17, 15) is 13.0 Å². The fourth-order valence-electron chi connectivity index (χ4n) is 1.75. The summed E-state index contributed by atoms with van der Waals surface area (Å²) in [4.78, 5) is 0. The van der Waals surface area contributed by atoms with E-state index in [1.165, 1.54) is 44.9 Å². The van der Waals surface area contributed by atoms with Gasteiger partial charge in [0.25, 0.3) is 0 Å². The fraction of sp³-hybridized carbons (Fsp3) is 1.00. The molecule has 0 unspecified atom stereocenters. The minimum Gasteiger partial charge on any atom is -0.870 e. The summed E-state index contributed by atoms with van der Waals surface area (Å²) >= 11 is 0. The molecule has 0 aromatic rings. The quantitative estimate of drug-likeness (QED) is 0.234. The van der Waals surface area contributed by atoms with Crippen LogP contribution >= 0.6 is 0 Å². The predicted octanol–water partition coefficient (Wildman–Crippen LogP) is 3.20. The smallest absolute Gasteiger partial charge is 0.870 e. The number of hydrogen-bond acceptors (Lipinski definition) is 5. The van der Waals surface area contributed by atoms with Gasteiger partial charge >= 0.3 is 19.5 Å². The van der Waals surface area contributed by atoms with Gasteiger partial charge in [-0.3, -0.25) is 4.18 Å². The van der Waals surface area contributed by atoms with Crippen molar-refractivity contribution in [3.05, 3.63) is 0 Å². The zero-order chi connectivity index (χ0) is 13.0. The first kappa shape index (κ1) is 24.5. The van der Waals surface area contributed by atoms with Gasteiger partial charge in [0, 0.05) is 0 Å². The predicted molar refractivity (Wildman–Crippen MR) is 69.4 cm³/mol. The second kappa shape index (κ2) is 16.5. The second-order valence-corrected chi connectivity index (χ2v) is 5.46. The van der Waals surface area contributed by atoms with Crippen LogP contribution in [0.2, 0.25) is 0 Å². The summed E-state index contributed by atoms with van der Waals surface area (Å²) in [5.74, 6) is 0. The molecule has 1 N–H and O–H groups in total. The molecule has 0 bridgehead atoms. The monoisotopic (exact) mass is 346 g/mol. The molecule has 7 heteroatoms. The first-order chi connectivity index (χ1) is 8.06. The van der Waals surface area contributed by atoms with Crippen LogP contribution in [-0.4, -0.2) is 25.1 Å². The van der Waals surface area contributed by atoms with Gasteiger partial charge in [-0.2, -0.15) is 0 Å². The maximum atomic E-state index is 10.1. The van der Waals surface area contributed by atoms with E-state index in [1.807, 2.05) is 0 Å². The summed E-state index contributed by atoms with van der Waals surface area (Å²) in [6.45, 7) is 2.24. The van der Waals surface area contributed by atoms with Crippen LogP contribution < -0.4 is 0 Å².